The smallest absolute Gasteiger partial charge is 0.167 e. The van der Waals surface area contributed by atoms with Gasteiger partial charge in [0.15, 0.2) is 17.0 Å². The first-order chi connectivity index (χ1) is 12.7. The summed E-state index contributed by atoms with van der Waals surface area (Å²) in [4.78, 5) is 13.0. The molecule has 3 aromatic rings. The molecule has 136 valence electrons. The number of aliphatic hydroxyl groups excluding tert-OH is 2. The zero-order valence-electron chi connectivity index (χ0n) is 13.8. The van der Waals surface area contributed by atoms with Crippen molar-refractivity contribution >= 4 is 28.6 Å². The number of nitrogens with zero attached hydrogens (tertiary/aromatic N) is 4. The molecular formula is C17H18ClN5O3. The van der Waals surface area contributed by atoms with E-state index in [1.54, 1.807) is 10.9 Å². The summed E-state index contributed by atoms with van der Waals surface area (Å²) in [5.41, 5.74) is 2.24. The van der Waals surface area contributed by atoms with E-state index in [1.165, 1.54) is 6.33 Å². The van der Waals surface area contributed by atoms with Gasteiger partial charge in [-0.2, -0.15) is 0 Å². The zero-order valence-corrected chi connectivity index (χ0v) is 14.5. The predicted octanol–water partition coefficient (Wildman–Crippen LogP) is 1.73. The molecule has 3 heterocycles. The Bertz CT molecular complexity index is 918. The second kappa shape index (κ2) is 7.16. The Balaban J connectivity index is 1.57. The molecule has 1 saturated heterocycles. The van der Waals surface area contributed by atoms with E-state index in [2.05, 4.69) is 20.3 Å². The van der Waals surface area contributed by atoms with E-state index >= 15 is 0 Å². The number of hydrogen-bond acceptors (Lipinski definition) is 7. The maximum absolute atomic E-state index is 9.94. The van der Waals surface area contributed by atoms with Crippen LogP contribution in [0.15, 0.2) is 36.9 Å². The van der Waals surface area contributed by atoms with Crippen LogP contribution in [0, 0.1) is 0 Å². The second-order valence-electron chi connectivity index (χ2n) is 6.14. The van der Waals surface area contributed by atoms with Crippen LogP contribution < -0.4 is 5.32 Å². The molecule has 3 atom stereocenters. The van der Waals surface area contributed by atoms with Crippen LogP contribution in [-0.2, 0) is 11.3 Å². The molecule has 0 radical (unpaired) electrons. The molecule has 1 unspecified atom stereocenters. The standard InChI is InChI=1S/C17H18ClN5O3/c18-11-3-1-2-10(4-11)6-19-16-15-17(21-8-20-16)23(9-22-15)14-5-12(25)13(7-24)26-14/h1-4,8-9,12-14,24-25H,5-7H2,(H,19,20,21)/t12-,13+,14?/m0/s1. The molecule has 2 aromatic heterocycles. The summed E-state index contributed by atoms with van der Waals surface area (Å²) in [6.45, 7) is 0.316. The first-order valence-electron chi connectivity index (χ1n) is 8.26. The van der Waals surface area contributed by atoms with E-state index in [-0.39, 0.29) is 6.61 Å². The van der Waals surface area contributed by atoms with Gasteiger partial charge in [0.1, 0.15) is 18.7 Å². The van der Waals surface area contributed by atoms with E-state index in [9.17, 15) is 10.2 Å². The Kier molecular flexibility index (Phi) is 4.73. The van der Waals surface area contributed by atoms with Crippen molar-refractivity contribution in [3.63, 3.8) is 0 Å². The van der Waals surface area contributed by atoms with E-state index < -0.39 is 18.4 Å². The van der Waals surface area contributed by atoms with Gasteiger partial charge < -0.3 is 20.3 Å². The van der Waals surface area contributed by atoms with Crippen molar-refractivity contribution in [2.45, 2.75) is 31.4 Å². The average Bonchev–Trinajstić information content (AvgIpc) is 3.23. The van der Waals surface area contributed by atoms with Crippen LogP contribution in [0.4, 0.5) is 5.82 Å². The highest BCUT2D eigenvalue weighted by Gasteiger charge is 2.35. The van der Waals surface area contributed by atoms with Crippen LogP contribution in [0.3, 0.4) is 0 Å². The van der Waals surface area contributed by atoms with Gasteiger partial charge in [0.25, 0.3) is 0 Å². The minimum Gasteiger partial charge on any atom is -0.394 e. The lowest BCUT2D eigenvalue weighted by Gasteiger charge is -2.13. The summed E-state index contributed by atoms with van der Waals surface area (Å²) in [5.74, 6) is 0.603. The Morgan fingerprint density at radius 1 is 1.31 bits per heavy atom. The fourth-order valence-electron chi connectivity index (χ4n) is 3.07. The van der Waals surface area contributed by atoms with Gasteiger partial charge >= 0.3 is 0 Å². The van der Waals surface area contributed by atoms with E-state index in [0.29, 0.717) is 35.0 Å². The normalized spacial score (nSPS) is 22.8. The third-order valence-corrected chi connectivity index (χ3v) is 4.64. The Morgan fingerprint density at radius 3 is 2.96 bits per heavy atom. The molecule has 1 fully saturated rings. The number of halogens is 1. The maximum Gasteiger partial charge on any atom is 0.167 e. The average molecular weight is 376 g/mol. The van der Waals surface area contributed by atoms with Gasteiger partial charge in [0.05, 0.1) is 19.0 Å². The quantitative estimate of drug-likeness (QED) is 0.623. The number of hydrogen-bond donors (Lipinski definition) is 3. The summed E-state index contributed by atoms with van der Waals surface area (Å²) in [6, 6.07) is 7.57. The van der Waals surface area contributed by atoms with E-state index in [0.717, 1.165) is 5.56 Å². The fraction of sp³-hybridized carbons (Fsp3) is 0.353. The number of imidazole rings is 1. The van der Waals surface area contributed by atoms with Crippen molar-refractivity contribution in [2.24, 2.45) is 0 Å². The van der Waals surface area contributed by atoms with Crippen molar-refractivity contribution < 1.29 is 14.9 Å². The number of anilines is 1. The first-order valence-corrected chi connectivity index (χ1v) is 8.63. The third kappa shape index (κ3) is 3.24. The van der Waals surface area contributed by atoms with E-state index in [1.807, 2.05) is 24.3 Å². The molecule has 26 heavy (non-hydrogen) atoms. The molecule has 0 aliphatic carbocycles. The molecule has 9 heteroatoms. The number of rotatable bonds is 5. The molecule has 1 aliphatic rings. The fourth-order valence-corrected chi connectivity index (χ4v) is 3.29. The predicted molar refractivity (Wildman–Crippen MR) is 95.7 cm³/mol. The molecule has 0 spiro atoms. The highest BCUT2D eigenvalue weighted by atomic mass is 35.5. The molecule has 4 rings (SSSR count). The lowest BCUT2D eigenvalue weighted by Crippen LogP contribution is -2.24. The van der Waals surface area contributed by atoms with Gasteiger partial charge in [0.2, 0.25) is 0 Å². The topological polar surface area (TPSA) is 105 Å². The molecule has 0 bridgehead atoms. The SMILES string of the molecule is OC[C@H]1OC(n2cnc3c(NCc4cccc(Cl)c4)ncnc32)C[C@@H]1O. The molecule has 1 aromatic carbocycles. The number of ether oxygens (including phenoxy) is 1. The number of fused-ring (bicyclic) bond motifs is 1. The summed E-state index contributed by atoms with van der Waals surface area (Å²) in [7, 11) is 0. The number of nitrogens with one attached hydrogen (secondary N) is 1. The Labute approximate surface area is 154 Å². The lowest BCUT2D eigenvalue weighted by molar-refractivity contribution is -0.0432. The molecule has 3 N–H and O–H groups in total. The monoisotopic (exact) mass is 375 g/mol. The summed E-state index contributed by atoms with van der Waals surface area (Å²) in [6.07, 6.45) is 1.69. The first kappa shape index (κ1) is 17.2. The highest BCUT2D eigenvalue weighted by molar-refractivity contribution is 6.30. The minimum absolute atomic E-state index is 0.230. The van der Waals surface area contributed by atoms with Gasteiger partial charge in [-0.3, -0.25) is 4.57 Å². The third-order valence-electron chi connectivity index (χ3n) is 4.40. The summed E-state index contributed by atoms with van der Waals surface area (Å²) >= 11 is 6.01. The molecular weight excluding hydrogens is 358 g/mol. The van der Waals surface area contributed by atoms with Crippen molar-refractivity contribution in [3.05, 3.63) is 47.5 Å². The minimum atomic E-state index is -0.718. The Morgan fingerprint density at radius 2 is 2.19 bits per heavy atom. The van der Waals surface area contributed by atoms with Crippen LogP contribution >= 0.6 is 11.6 Å². The molecule has 1 aliphatic heterocycles. The zero-order chi connectivity index (χ0) is 18.1. The van der Waals surface area contributed by atoms with Crippen molar-refractivity contribution in [2.75, 3.05) is 11.9 Å². The van der Waals surface area contributed by atoms with Crippen molar-refractivity contribution in [3.8, 4) is 0 Å². The van der Waals surface area contributed by atoms with Crippen LogP contribution in [0.2, 0.25) is 5.02 Å². The molecule has 0 saturated carbocycles. The number of aromatic nitrogens is 4. The number of aliphatic hydroxyl groups is 2. The summed E-state index contributed by atoms with van der Waals surface area (Å²) < 4.78 is 7.44. The molecule has 0 amide bonds. The van der Waals surface area contributed by atoms with Gasteiger partial charge in [-0.05, 0) is 17.7 Å². The maximum atomic E-state index is 9.94. The lowest BCUT2D eigenvalue weighted by atomic mass is 10.2. The van der Waals surface area contributed by atoms with Gasteiger partial charge in [-0.1, -0.05) is 23.7 Å². The van der Waals surface area contributed by atoms with Crippen LogP contribution in [0.25, 0.3) is 11.2 Å². The van der Waals surface area contributed by atoms with Gasteiger partial charge in [0, 0.05) is 18.0 Å². The van der Waals surface area contributed by atoms with Gasteiger partial charge in [-0.15, -0.1) is 0 Å². The summed E-state index contributed by atoms with van der Waals surface area (Å²) in [5, 5.41) is 23.1. The van der Waals surface area contributed by atoms with Gasteiger partial charge in [-0.25, -0.2) is 15.0 Å². The van der Waals surface area contributed by atoms with Crippen molar-refractivity contribution in [1.82, 2.24) is 19.5 Å². The van der Waals surface area contributed by atoms with Crippen LogP contribution in [0.5, 0.6) is 0 Å². The molecule has 8 nitrogen and oxygen atoms in total. The second-order valence-corrected chi connectivity index (χ2v) is 6.58. The van der Waals surface area contributed by atoms with Crippen LogP contribution in [0.1, 0.15) is 18.2 Å². The number of benzene rings is 1. The van der Waals surface area contributed by atoms with E-state index in [4.69, 9.17) is 16.3 Å². The largest absolute Gasteiger partial charge is 0.394 e. The van der Waals surface area contributed by atoms with Crippen molar-refractivity contribution in [1.29, 1.82) is 0 Å². The Hall–Kier alpha value is -2.26. The highest BCUT2D eigenvalue weighted by Crippen LogP contribution is 2.31. The van der Waals surface area contributed by atoms with Crippen LogP contribution in [-0.4, -0.2) is 48.5 Å².